The lowest BCUT2D eigenvalue weighted by atomic mass is 10.00. The van der Waals surface area contributed by atoms with E-state index in [0.717, 1.165) is 49.5 Å². The van der Waals surface area contributed by atoms with Crippen LogP contribution in [0.3, 0.4) is 0 Å². The Bertz CT molecular complexity index is 760. The third-order valence-corrected chi connectivity index (χ3v) is 8.73. The second-order valence-electron chi connectivity index (χ2n) is 11.0. The third kappa shape index (κ3) is 5.05. The predicted molar refractivity (Wildman–Crippen MR) is 127 cm³/mol. The maximum absolute atomic E-state index is 12.5. The lowest BCUT2D eigenvalue weighted by molar-refractivity contribution is -0.151. The number of benzene rings is 1. The van der Waals surface area contributed by atoms with Gasteiger partial charge < -0.3 is 14.5 Å². The van der Waals surface area contributed by atoms with E-state index in [4.69, 9.17) is 4.74 Å². The van der Waals surface area contributed by atoms with E-state index in [9.17, 15) is 4.79 Å². The zero-order chi connectivity index (χ0) is 22.1. The molecule has 32 heavy (non-hydrogen) atoms. The molecule has 0 aromatic heterocycles. The maximum Gasteiger partial charge on any atom is 0.323 e. The fourth-order valence-electron chi connectivity index (χ4n) is 6.44. The number of nitrogens with zero attached hydrogens (tertiary/aromatic N) is 3. The van der Waals surface area contributed by atoms with E-state index in [1.165, 1.54) is 51.9 Å². The maximum atomic E-state index is 12.5. The molecule has 0 amide bonds. The predicted octanol–water partition coefficient (Wildman–Crippen LogP) is 3.49. The number of piperidine rings is 1. The van der Waals surface area contributed by atoms with E-state index in [2.05, 4.69) is 21.6 Å². The molecule has 5 rings (SSSR count). The standard InChI is InChI=1S/C27H41N3O2/c1-3-9-27(10-11-27)20-29-17-24-23(25(24)18-29)16-28-12-14-30(15-13-28)21(2)26(31)32-19-22-7-5-4-6-8-22/h4-8,21,23-25H,3,9-20H2,1-2H3/t21?,23?,24-,25+. The highest BCUT2D eigenvalue weighted by molar-refractivity contribution is 5.75. The monoisotopic (exact) mass is 439 g/mol. The number of hydrogen-bond donors (Lipinski definition) is 0. The molecule has 5 nitrogen and oxygen atoms in total. The molecule has 1 aromatic rings. The van der Waals surface area contributed by atoms with Crippen molar-refractivity contribution in [1.82, 2.24) is 14.7 Å². The van der Waals surface area contributed by atoms with E-state index < -0.39 is 0 Å². The molecule has 4 atom stereocenters. The van der Waals surface area contributed by atoms with Crippen molar-refractivity contribution in [3.8, 4) is 0 Å². The molecule has 0 N–H and O–H groups in total. The summed E-state index contributed by atoms with van der Waals surface area (Å²) >= 11 is 0. The second-order valence-corrected chi connectivity index (χ2v) is 11.0. The highest BCUT2D eigenvalue weighted by atomic mass is 16.5. The molecule has 0 radical (unpaired) electrons. The number of likely N-dealkylation sites (tertiary alicyclic amines) is 1. The molecule has 4 aliphatic rings. The SMILES string of the molecule is CCCC1(CN2C[C@@H]3C(CN4CCN(C(C)C(=O)OCc5ccccc5)CC4)[C@@H]3C2)CC1. The topological polar surface area (TPSA) is 36.0 Å². The van der Waals surface area contributed by atoms with Gasteiger partial charge in [0.05, 0.1) is 0 Å². The van der Waals surface area contributed by atoms with Gasteiger partial charge in [-0.05, 0) is 54.9 Å². The average molecular weight is 440 g/mol. The van der Waals surface area contributed by atoms with Crippen molar-refractivity contribution in [2.24, 2.45) is 23.2 Å². The van der Waals surface area contributed by atoms with Gasteiger partial charge in [0.2, 0.25) is 0 Å². The van der Waals surface area contributed by atoms with Crippen molar-refractivity contribution >= 4 is 5.97 Å². The van der Waals surface area contributed by atoms with Crippen molar-refractivity contribution in [1.29, 1.82) is 0 Å². The number of carbonyl (C=O) groups excluding carboxylic acids is 1. The fourth-order valence-corrected chi connectivity index (χ4v) is 6.44. The number of ether oxygens (including phenoxy) is 1. The summed E-state index contributed by atoms with van der Waals surface area (Å²) in [6, 6.07) is 9.78. The lowest BCUT2D eigenvalue weighted by Gasteiger charge is -2.37. The lowest BCUT2D eigenvalue weighted by Crippen LogP contribution is -2.52. The van der Waals surface area contributed by atoms with Crippen LogP contribution in [0.15, 0.2) is 30.3 Å². The first kappa shape index (κ1) is 22.4. The van der Waals surface area contributed by atoms with Crippen molar-refractivity contribution in [3.63, 3.8) is 0 Å². The van der Waals surface area contributed by atoms with Crippen LogP contribution in [0, 0.1) is 23.2 Å². The first-order valence-corrected chi connectivity index (χ1v) is 13.0. The smallest absolute Gasteiger partial charge is 0.323 e. The summed E-state index contributed by atoms with van der Waals surface area (Å²) in [5.74, 6) is 2.73. The number of fused-ring (bicyclic) bond motifs is 1. The molecular formula is C27H41N3O2. The summed E-state index contributed by atoms with van der Waals surface area (Å²) in [5.41, 5.74) is 1.75. The van der Waals surface area contributed by atoms with Crippen molar-refractivity contribution in [2.75, 3.05) is 52.4 Å². The molecule has 0 spiro atoms. The number of esters is 1. The number of piperazine rings is 1. The Labute approximate surface area is 194 Å². The van der Waals surface area contributed by atoms with Crippen LogP contribution in [0.2, 0.25) is 0 Å². The van der Waals surface area contributed by atoms with E-state index in [1.54, 1.807) is 0 Å². The van der Waals surface area contributed by atoms with E-state index >= 15 is 0 Å². The van der Waals surface area contributed by atoms with Crippen LogP contribution in [0.5, 0.6) is 0 Å². The summed E-state index contributed by atoms with van der Waals surface area (Å²) in [7, 11) is 0. The second kappa shape index (κ2) is 9.44. The fraction of sp³-hybridized carbons (Fsp3) is 0.741. The van der Waals surface area contributed by atoms with Gasteiger partial charge in [-0.3, -0.25) is 9.69 Å². The molecule has 2 aliphatic heterocycles. The molecule has 5 heteroatoms. The van der Waals surface area contributed by atoms with Gasteiger partial charge in [-0.15, -0.1) is 0 Å². The third-order valence-electron chi connectivity index (χ3n) is 8.73. The van der Waals surface area contributed by atoms with E-state index in [0.29, 0.717) is 12.0 Å². The van der Waals surface area contributed by atoms with Crippen LogP contribution < -0.4 is 0 Å². The molecule has 2 saturated heterocycles. The molecule has 2 heterocycles. The Kier molecular flexibility index (Phi) is 6.60. The first-order valence-electron chi connectivity index (χ1n) is 13.0. The van der Waals surface area contributed by atoms with E-state index in [-0.39, 0.29) is 12.0 Å². The Morgan fingerprint density at radius 1 is 1.06 bits per heavy atom. The summed E-state index contributed by atoms with van der Waals surface area (Å²) in [5, 5.41) is 0. The Balaban J connectivity index is 0.991. The van der Waals surface area contributed by atoms with Gasteiger partial charge in [0.1, 0.15) is 12.6 Å². The Morgan fingerprint density at radius 2 is 1.75 bits per heavy atom. The zero-order valence-electron chi connectivity index (χ0n) is 20.0. The highest BCUT2D eigenvalue weighted by Crippen LogP contribution is 2.55. The van der Waals surface area contributed by atoms with Crippen molar-refractivity contribution < 1.29 is 9.53 Å². The molecule has 2 unspecified atom stereocenters. The minimum atomic E-state index is -0.160. The first-order chi connectivity index (χ1) is 15.6. The van der Waals surface area contributed by atoms with Crippen LogP contribution in [-0.2, 0) is 16.1 Å². The Hall–Kier alpha value is -1.43. The van der Waals surface area contributed by atoms with Gasteiger partial charge in [-0.1, -0.05) is 43.7 Å². The van der Waals surface area contributed by atoms with Crippen molar-refractivity contribution in [3.05, 3.63) is 35.9 Å². The molecule has 0 bridgehead atoms. The summed E-state index contributed by atoms with van der Waals surface area (Å²) in [4.78, 5) is 20.2. The molecule has 176 valence electrons. The quantitative estimate of drug-likeness (QED) is 0.522. The van der Waals surface area contributed by atoms with Crippen LogP contribution in [0.25, 0.3) is 0 Å². The van der Waals surface area contributed by atoms with Gasteiger partial charge in [-0.2, -0.15) is 0 Å². The van der Waals surface area contributed by atoms with Crippen LogP contribution in [0.4, 0.5) is 0 Å². The van der Waals surface area contributed by atoms with Gasteiger partial charge >= 0.3 is 5.97 Å². The molecule has 2 aliphatic carbocycles. The number of rotatable bonds is 10. The normalized spacial score (nSPS) is 30.6. The summed E-state index contributed by atoms with van der Waals surface area (Å²) < 4.78 is 5.56. The minimum absolute atomic E-state index is 0.101. The summed E-state index contributed by atoms with van der Waals surface area (Å²) in [6.07, 6.45) is 5.72. The largest absolute Gasteiger partial charge is 0.460 e. The molecular weight excluding hydrogens is 398 g/mol. The highest BCUT2D eigenvalue weighted by Gasteiger charge is 2.57. The summed E-state index contributed by atoms with van der Waals surface area (Å²) in [6.45, 7) is 14.1. The van der Waals surface area contributed by atoms with Gasteiger partial charge in [-0.25, -0.2) is 0 Å². The van der Waals surface area contributed by atoms with Gasteiger partial charge in [0, 0.05) is 52.4 Å². The molecule has 2 saturated carbocycles. The zero-order valence-corrected chi connectivity index (χ0v) is 20.0. The number of carbonyl (C=O) groups is 1. The number of hydrogen-bond acceptors (Lipinski definition) is 5. The van der Waals surface area contributed by atoms with Crippen LogP contribution in [0.1, 0.15) is 45.1 Å². The van der Waals surface area contributed by atoms with Crippen LogP contribution >= 0.6 is 0 Å². The van der Waals surface area contributed by atoms with E-state index in [1.807, 2.05) is 37.3 Å². The average Bonchev–Trinajstić information content (AvgIpc) is 3.66. The van der Waals surface area contributed by atoms with Crippen molar-refractivity contribution in [2.45, 2.75) is 52.2 Å². The molecule has 1 aromatic carbocycles. The molecule has 4 fully saturated rings. The van der Waals surface area contributed by atoms with Gasteiger partial charge in [0.25, 0.3) is 0 Å². The van der Waals surface area contributed by atoms with Crippen LogP contribution in [-0.4, -0.2) is 79.1 Å². The Morgan fingerprint density at radius 3 is 2.38 bits per heavy atom. The van der Waals surface area contributed by atoms with Gasteiger partial charge in [0.15, 0.2) is 0 Å². The minimum Gasteiger partial charge on any atom is -0.460 e.